The van der Waals surface area contributed by atoms with Crippen LogP contribution in [-0.4, -0.2) is 17.8 Å². The Hall–Kier alpha value is -0.840. The van der Waals surface area contributed by atoms with Crippen LogP contribution in [0.2, 0.25) is 0 Å². The standard InChI is InChI=1S/C14H18BrNO2/c1-3-12(17)8-16-9(2)14-7-10-6-11(15)4-5-13(10)18-14/h4-7,9,12,16-17H,3,8H2,1-2H3. The molecule has 0 amide bonds. The molecular formula is C14H18BrNO2. The maximum Gasteiger partial charge on any atom is 0.134 e. The zero-order valence-electron chi connectivity index (χ0n) is 10.6. The number of rotatable bonds is 5. The molecule has 2 aromatic rings. The first-order valence-corrected chi connectivity index (χ1v) is 7.00. The average molecular weight is 312 g/mol. The molecule has 1 heterocycles. The van der Waals surface area contributed by atoms with Gasteiger partial charge >= 0.3 is 0 Å². The summed E-state index contributed by atoms with van der Waals surface area (Å²) in [4.78, 5) is 0. The number of aliphatic hydroxyl groups excluding tert-OH is 1. The first kappa shape index (κ1) is 13.6. The lowest BCUT2D eigenvalue weighted by molar-refractivity contribution is 0.162. The van der Waals surface area contributed by atoms with Gasteiger partial charge in [0.2, 0.25) is 0 Å². The van der Waals surface area contributed by atoms with Gasteiger partial charge in [-0.05, 0) is 37.6 Å². The molecule has 4 heteroatoms. The van der Waals surface area contributed by atoms with E-state index in [1.165, 1.54) is 0 Å². The second-order valence-electron chi connectivity index (χ2n) is 4.52. The molecule has 0 aliphatic carbocycles. The van der Waals surface area contributed by atoms with E-state index < -0.39 is 0 Å². The van der Waals surface area contributed by atoms with Gasteiger partial charge in [-0.1, -0.05) is 22.9 Å². The second kappa shape index (κ2) is 5.87. The SMILES string of the molecule is CCC(O)CNC(C)c1cc2cc(Br)ccc2o1. The van der Waals surface area contributed by atoms with E-state index in [1.54, 1.807) is 0 Å². The Kier molecular flexibility index (Phi) is 4.43. The highest BCUT2D eigenvalue weighted by atomic mass is 79.9. The molecule has 18 heavy (non-hydrogen) atoms. The van der Waals surface area contributed by atoms with Crippen LogP contribution < -0.4 is 5.32 Å². The van der Waals surface area contributed by atoms with Crippen LogP contribution in [0.3, 0.4) is 0 Å². The van der Waals surface area contributed by atoms with Crippen LogP contribution in [0.5, 0.6) is 0 Å². The van der Waals surface area contributed by atoms with Crippen LogP contribution in [0, 0.1) is 0 Å². The summed E-state index contributed by atoms with van der Waals surface area (Å²) < 4.78 is 6.83. The Morgan fingerprint density at radius 3 is 2.89 bits per heavy atom. The van der Waals surface area contributed by atoms with E-state index in [9.17, 15) is 5.11 Å². The topological polar surface area (TPSA) is 45.4 Å². The van der Waals surface area contributed by atoms with Crippen molar-refractivity contribution in [3.63, 3.8) is 0 Å². The van der Waals surface area contributed by atoms with E-state index in [0.717, 1.165) is 27.6 Å². The highest BCUT2D eigenvalue weighted by Gasteiger charge is 2.12. The quantitative estimate of drug-likeness (QED) is 0.886. The van der Waals surface area contributed by atoms with Crippen molar-refractivity contribution in [3.8, 4) is 0 Å². The summed E-state index contributed by atoms with van der Waals surface area (Å²) in [5.74, 6) is 0.895. The summed E-state index contributed by atoms with van der Waals surface area (Å²) in [7, 11) is 0. The molecule has 2 unspecified atom stereocenters. The van der Waals surface area contributed by atoms with E-state index in [1.807, 2.05) is 38.1 Å². The molecule has 0 saturated carbocycles. The van der Waals surface area contributed by atoms with Gasteiger partial charge < -0.3 is 14.8 Å². The molecule has 98 valence electrons. The van der Waals surface area contributed by atoms with Crippen molar-refractivity contribution in [1.29, 1.82) is 0 Å². The van der Waals surface area contributed by atoms with Crippen LogP contribution >= 0.6 is 15.9 Å². The lowest BCUT2D eigenvalue weighted by Crippen LogP contribution is -2.28. The summed E-state index contributed by atoms with van der Waals surface area (Å²) in [6, 6.07) is 8.09. The normalized spacial score (nSPS) is 14.9. The molecule has 0 radical (unpaired) electrons. The van der Waals surface area contributed by atoms with Gasteiger partial charge in [-0.3, -0.25) is 0 Å². The number of halogens is 1. The largest absolute Gasteiger partial charge is 0.459 e. The molecule has 1 aromatic heterocycles. The van der Waals surface area contributed by atoms with Crippen molar-refractivity contribution in [2.45, 2.75) is 32.4 Å². The summed E-state index contributed by atoms with van der Waals surface area (Å²) in [6.07, 6.45) is 0.457. The molecule has 2 rings (SSSR count). The molecule has 0 bridgehead atoms. The summed E-state index contributed by atoms with van der Waals surface area (Å²) in [5.41, 5.74) is 0.887. The van der Waals surface area contributed by atoms with E-state index in [0.29, 0.717) is 6.54 Å². The molecule has 0 spiro atoms. The number of fused-ring (bicyclic) bond motifs is 1. The third-order valence-corrected chi connectivity index (χ3v) is 3.55. The highest BCUT2D eigenvalue weighted by Crippen LogP contribution is 2.26. The van der Waals surface area contributed by atoms with Crippen LogP contribution in [0.25, 0.3) is 11.0 Å². The smallest absolute Gasteiger partial charge is 0.134 e. The number of hydrogen-bond donors (Lipinski definition) is 2. The molecule has 2 atom stereocenters. The number of furan rings is 1. The number of hydrogen-bond acceptors (Lipinski definition) is 3. The zero-order valence-corrected chi connectivity index (χ0v) is 12.2. The minimum absolute atomic E-state index is 0.0948. The van der Waals surface area contributed by atoms with Gasteiger partial charge in [-0.25, -0.2) is 0 Å². The molecule has 3 nitrogen and oxygen atoms in total. The van der Waals surface area contributed by atoms with Crippen LogP contribution in [0.1, 0.15) is 32.1 Å². The summed E-state index contributed by atoms with van der Waals surface area (Å²) in [5, 5.41) is 13.9. The van der Waals surface area contributed by atoms with Gasteiger partial charge in [0.25, 0.3) is 0 Å². The highest BCUT2D eigenvalue weighted by molar-refractivity contribution is 9.10. The number of nitrogens with one attached hydrogen (secondary N) is 1. The van der Waals surface area contributed by atoms with Gasteiger partial charge in [0.05, 0.1) is 12.1 Å². The van der Waals surface area contributed by atoms with Gasteiger partial charge in [-0.15, -0.1) is 0 Å². The number of benzene rings is 1. The molecule has 2 N–H and O–H groups in total. The minimum atomic E-state index is -0.300. The zero-order chi connectivity index (χ0) is 13.1. The van der Waals surface area contributed by atoms with Gasteiger partial charge in [-0.2, -0.15) is 0 Å². The average Bonchev–Trinajstić information content (AvgIpc) is 2.78. The third kappa shape index (κ3) is 3.13. The predicted molar refractivity (Wildman–Crippen MR) is 76.6 cm³/mol. The lowest BCUT2D eigenvalue weighted by atomic mass is 10.2. The van der Waals surface area contributed by atoms with Crippen molar-refractivity contribution < 1.29 is 9.52 Å². The summed E-state index contributed by atoms with van der Waals surface area (Å²) in [6.45, 7) is 4.59. The van der Waals surface area contributed by atoms with E-state index in [2.05, 4.69) is 21.2 Å². The minimum Gasteiger partial charge on any atom is -0.459 e. The van der Waals surface area contributed by atoms with E-state index in [4.69, 9.17) is 4.42 Å². The molecule has 0 aliphatic heterocycles. The fraction of sp³-hybridized carbons (Fsp3) is 0.429. The second-order valence-corrected chi connectivity index (χ2v) is 5.44. The maximum atomic E-state index is 9.53. The van der Waals surface area contributed by atoms with Crippen molar-refractivity contribution in [2.24, 2.45) is 0 Å². The third-order valence-electron chi connectivity index (χ3n) is 3.06. The molecule has 0 saturated heterocycles. The fourth-order valence-corrected chi connectivity index (χ4v) is 2.18. The van der Waals surface area contributed by atoms with Gasteiger partial charge in [0.15, 0.2) is 0 Å². The molecule has 0 aliphatic rings. The Balaban J connectivity index is 2.10. The predicted octanol–water partition coefficient (Wildman–Crippen LogP) is 3.62. The Labute approximate surface area is 115 Å². The monoisotopic (exact) mass is 311 g/mol. The van der Waals surface area contributed by atoms with Gasteiger partial charge in [0.1, 0.15) is 11.3 Å². The van der Waals surface area contributed by atoms with Gasteiger partial charge in [0, 0.05) is 16.4 Å². The van der Waals surface area contributed by atoms with Crippen molar-refractivity contribution in [1.82, 2.24) is 5.32 Å². The van der Waals surface area contributed by atoms with Crippen LogP contribution in [-0.2, 0) is 0 Å². The van der Waals surface area contributed by atoms with Crippen molar-refractivity contribution in [2.75, 3.05) is 6.54 Å². The Morgan fingerprint density at radius 1 is 1.39 bits per heavy atom. The lowest BCUT2D eigenvalue weighted by Gasteiger charge is -2.13. The Bertz CT molecular complexity index is 523. The first-order chi connectivity index (χ1) is 8.60. The number of aliphatic hydroxyl groups is 1. The van der Waals surface area contributed by atoms with Crippen molar-refractivity contribution >= 4 is 26.9 Å². The van der Waals surface area contributed by atoms with Crippen molar-refractivity contribution in [3.05, 3.63) is 34.5 Å². The van der Waals surface area contributed by atoms with E-state index in [-0.39, 0.29) is 12.1 Å². The Morgan fingerprint density at radius 2 is 2.17 bits per heavy atom. The van der Waals surface area contributed by atoms with Crippen LogP contribution in [0.4, 0.5) is 0 Å². The van der Waals surface area contributed by atoms with Crippen LogP contribution in [0.15, 0.2) is 33.2 Å². The molecular weight excluding hydrogens is 294 g/mol. The molecule has 0 fully saturated rings. The molecule has 1 aromatic carbocycles. The summed E-state index contributed by atoms with van der Waals surface area (Å²) >= 11 is 3.45. The first-order valence-electron chi connectivity index (χ1n) is 6.20. The maximum absolute atomic E-state index is 9.53. The fourth-order valence-electron chi connectivity index (χ4n) is 1.81. The van der Waals surface area contributed by atoms with E-state index >= 15 is 0 Å².